The molecule has 1 aromatic carbocycles. The largest absolute Gasteiger partial charge is 0.335 e. The molecule has 4 heteroatoms. The van der Waals surface area contributed by atoms with Crippen molar-refractivity contribution in [1.82, 2.24) is 4.90 Å². The number of hydrogen-bond acceptors (Lipinski definition) is 3. The van der Waals surface area contributed by atoms with Crippen molar-refractivity contribution in [1.29, 1.82) is 0 Å². The lowest BCUT2D eigenvalue weighted by molar-refractivity contribution is -0.129. The number of nitrogens with zero attached hydrogens (tertiary/aromatic N) is 1. The van der Waals surface area contributed by atoms with Crippen LogP contribution in [0.3, 0.4) is 0 Å². The van der Waals surface area contributed by atoms with E-state index in [-0.39, 0.29) is 11.9 Å². The number of hydrogen-bond donors (Lipinski definition) is 2. The summed E-state index contributed by atoms with van der Waals surface area (Å²) < 4.78 is 0. The maximum absolute atomic E-state index is 11.6. The van der Waals surface area contributed by atoms with Crippen LogP contribution >= 0.6 is 0 Å². The van der Waals surface area contributed by atoms with E-state index in [1.165, 1.54) is 0 Å². The van der Waals surface area contributed by atoms with Crippen LogP contribution in [0.1, 0.15) is 5.56 Å². The molecule has 0 aromatic heterocycles. The van der Waals surface area contributed by atoms with Gasteiger partial charge in [0.2, 0.25) is 5.91 Å². The fourth-order valence-corrected chi connectivity index (χ4v) is 1.80. The van der Waals surface area contributed by atoms with Gasteiger partial charge in [0.25, 0.3) is 0 Å². The van der Waals surface area contributed by atoms with E-state index in [0.29, 0.717) is 13.1 Å². The molecular weight excluding hydrogens is 190 g/mol. The lowest BCUT2D eigenvalue weighted by Gasteiger charge is -2.15. The third-order valence-electron chi connectivity index (χ3n) is 2.71. The van der Waals surface area contributed by atoms with E-state index in [1.807, 2.05) is 30.3 Å². The van der Waals surface area contributed by atoms with Crippen LogP contribution in [0.25, 0.3) is 0 Å². The van der Waals surface area contributed by atoms with Crippen molar-refractivity contribution in [2.24, 2.45) is 11.5 Å². The fourth-order valence-electron chi connectivity index (χ4n) is 1.80. The molecule has 80 valence electrons. The van der Waals surface area contributed by atoms with Gasteiger partial charge in [0.05, 0.1) is 0 Å². The van der Waals surface area contributed by atoms with Crippen LogP contribution in [0.4, 0.5) is 0 Å². The van der Waals surface area contributed by atoms with Gasteiger partial charge in [-0.15, -0.1) is 0 Å². The first-order valence-electron chi connectivity index (χ1n) is 5.02. The monoisotopic (exact) mass is 205 g/mol. The lowest BCUT2D eigenvalue weighted by Crippen LogP contribution is -2.42. The second kappa shape index (κ2) is 4.00. The number of carbonyl (C=O) groups excluding carboxylic acids is 1. The molecule has 2 rings (SSSR count). The van der Waals surface area contributed by atoms with Gasteiger partial charge in [-0.05, 0) is 5.56 Å². The van der Waals surface area contributed by atoms with Gasteiger partial charge in [-0.2, -0.15) is 0 Å². The van der Waals surface area contributed by atoms with Gasteiger partial charge in [-0.25, -0.2) is 0 Å². The molecule has 1 aromatic rings. The Morgan fingerprint density at radius 3 is 2.47 bits per heavy atom. The fraction of sp³-hybridized carbons (Fsp3) is 0.364. The quantitative estimate of drug-likeness (QED) is 0.695. The maximum atomic E-state index is 11.6. The summed E-state index contributed by atoms with van der Waals surface area (Å²) in [6.45, 7) is 1.15. The minimum Gasteiger partial charge on any atom is -0.335 e. The molecule has 1 amide bonds. The van der Waals surface area contributed by atoms with Crippen molar-refractivity contribution in [2.45, 2.75) is 18.6 Å². The minimum atomic E-state index is -0.534. The van der Waals surface area contributed by atoms with Crippen molar-refractivity contribution in [3.05, 3.63) is 35.9 Å². The molecule has 0 spiro atoms. The van der Waals surface area contributed by atoms with Gasteiger partial charge in [-0.1, -0.05) is 30.3 Å². The summed E-state index contributed by atoms with van der Waals surface area (Å²) in [6, 6.07) is 9.07. The molecule has 4 N–H and O–H groups in total. The van der Waals surface area contributed by atoms with E-state index >= 15 is 0 Å². The summed E-state index contributed by atoms with van der Waals surface area (Å²) in [5.74, 6) is -0.0497. The third kappa shape index (κ3) is 2.00. The number of likely N-dealkylation sites (tertiary alicyclic amines) is 1. The molecule has 1 fully saturated rings. The second-order valence-electron chi connectivity index (χ2n) is 3.89. The van der Waals surface area contributed by atoms with Gasteiger partial charge in [0.1, 0.15) is 6.04 Å². The van der Waals surface area contributed by atoms with E-state index in [1.54, 1.807) is 4.90 Å². The number of benzene rings is 1. The van der Waals surface area contributed by atoms with E-state index in [2.05, 4.69) is 0 Å². The van der Waals surface area contributed by atoms with Crippen LogP contribution in [-0.2, 0) is 11.3 Å². The Kier molecular flexibility index (Phi) is 2.70. The van der Waals surface area contributed by atoms with Crippen LogP contribution in [-0.4, -0.2) is 29.4 Å². The Hall–Kier alpha value is -1.39. The predicted octanol–water partition coefficient (Wildman–Crippen LogP) is -0.317. The molecule has 1 saturated heterocycles. The number of nitrogens with two attached hydrogens (primary N) is 2. The summed E-state index contributed by atoms with van der Waals surface area (Å²) in [6.07, 6.45) is 0. The highest BCUT2D eigenvalue weighted by Crippen LogP contribution is 2.12. The van der Waals surface area contributed by atoms with Crippen LogP contribution in [0.5, 0.6) is 0 Å². The van der Waals surface area contributed by atoms with E-state index < -0.39 is 6.04 Å². The van der Waals surface area contributed by atoms with Crippen LogP contribution < -0.4 is 11.5 Å². The average molecular weight is 205 g/mol. The van der Waals surface area contributed by atoms with Gasteiger partial charge in [0.15, 0.2) is 0 Å². The molecule has 1 heterocycles. The van der Waals surface area contributed by atoms with Crippen LogP contribution in [0.2, 0.25) is 0 Å². The summed E-state index contributed by atoms with van der Waals surface area (Å²) in [7, 11) is 0. The molecule has 0 radical (unpaired) electrons. The topological polar surface area (TPSA) is 72.3 Å². The average Bonchev–Trinajstić information content (AvgIpc) is 2.48. The minimum absolute atomic E-state index is 0.0497. The zero-order valence-electron chi connectivity index (χ0n) is 8.47. The van der Waals surface area contributed by atoms with Crippen molar-refractivity contribution in [3.8, 4) is 0 Å². The van der Waals surface area contributed by atoms with Crippen molar-refractivity contribution in [2.75, 3.05) is 6.54 Å². The molecule has 0 saturated carbocycles. The molecule has 2 unspecified atom stereocenters. The Balaban J connectivity index is 2.05. The SMILES string of the molecule is NC1CN(Cc2ccccc2)C(=O)C1N. The van der Waals surface area contributed by atoms with Gasteiger partial charge in [0, 0.05) is 19.1 Å². The summed E-state index contributed by atoms with van der Waals surface area (Å²) in [5.41, 5.74) is 12.5. The Morgan fingerprint density at radius 1 is 1.27 bits per heavy atom. The van der Waals surface area contributed by atoms with Crippen LogP contribution in [0, 0.1) is 0 Å². The standard InChI is InChI=1S/C11H15N3O/c12-9-7-14(11(15)10(9)13)6-8-4-2-1-3-5-8/h1-5,9-10H,6-7,12-13H2. The third-order valence-corrected chi connectivity index (χ3v) is 2.71. The highest BCUT2D eigenvalue weighted by atomic mass is 16.2. The summed E-state index contributed by atoms with van der Waals surface area (Å²) >= 11 is 0. The molecule has 2 atom stereocenters. The molecule has 15 heavy (non-hydrogen) atoms. The molecule has 0 bridgehead atoms. The second-order valence-corrected chi connectivity index (χ2v) is 3.89. The number of carbonyl (C=O) groups is 1. The smallest absolute Gasteiger partial charge is 0.241 e. The molecule has 0 aliphatic carbocycles. The molecule has 1 aliphatic heterocycles. The van der Waals surface area contributed by atoms with Crippen molar-refractivity contribution < 1.29 is 4.79 Å². The van der Waals surface area contributed by atoms with E-state index in [0.717, 1.165) is 5.56 Å². The Bertz CT molecular complexity index is 352. The molecule has 1 aliphatic rings. The highest BCUT2D eigenvalue weighted by Gasteiger charge is 2.35. The number of amides is 1. The number of rotatable bonds is 2. The van der Waals surface area contributed by atoms with Gasteiger partial charge < -0.3 is 16.4 Å². The van der Waals surface area contributed by atoms with Gasteiger partial charge >= 0.3 is 0 Å². The predicted molar refractivity (Wildman–Crippen MR) is 57.8 cm³/mol. The maximum Gasteiger partial charge on any atom is 0.241 e. The molecular formula is C11H15N3O. The zero-order valence-corrected chi connectivity index (χ0v) is 8.47. The first-order chi connectivity index (χ1) is 7.18. The van der Waals surface area contributed by atoms with E-state index in [4.69, 9.17) is 11.5 Å². The Morgan fingerprint density at radius 2 is 1.93 bits per heavy atom. The highest BCUT2D eigenvalue weighted by molar-refractivity contribution is 5.85. The summed E-state index contributed by atoms with van der Waals surface area (Å²) in [5, 5.41) is 0. The van der Waals surface area contributed by atoms with Crippen molar-refractivity contribution in [3.63, 3.8) is 0 Å². The lowest BCUT2D eigenvalue weighted by atomic mass is 10.2. The van der Waals surface area contributed by atoms with Crippen LogP contribution in [0.15, 0.2) is 30.3 Å². The normalized spacial score (nSPS) is 26.0. The van der Waals surface area contributed by atoms with E-state index in [9.17, 15) is 4.79 Å². The first kappa shape index (κ1) is 10.1. The van der Waals surface area contributed by atoms with Gasteiger partial charge in [-0.3, -0.25) is 4.79 Å². The Labute approximate surface area is 88.9 Å². The van der Waals surface area contributed by atoms with Crippen molar-refractivity contribution >= 4 is 5.91 Å². The summed E-state index contributed by atoms with van der Waals surface area (Å²) in [4.78, 5) is 13.4. The molecule has 4 nitrogen and oxygen atoms in total. The first-order valence-corrected chi connectivity index (χ1v) is 5.02. The zero-order chi connectivity index (χ0) is 10.8.